The number of hydrogen-bond acceptors (Lipinski definition) is 3. The molecule has 2 rings (SSSR count). The van der Waals surface area contributed by atoms with Crippen LogP contribution in [0.25, 0.3) is 0 Å². The third kappa shape index (κ3) is 3.82. The molecule has 21 heavy (non-hydrogen) atoms. The van der Waals surface area contributed by atoms with Gasteiger partial charge in [0.15, 0.2) is 23.3 Å². The first kappa shape index (κ1) is 16.0. The third-order valence-corrected chi connectivity index (χ3v) is 3.08. The van der Waals surface area contributed by atoms with Crippen molar-refractivity contribution in [2.75, 3.05) is 25.1 Å². The normalized spacial score (nSPS) is 16.1. The molecule has 1 saturated carbocycles. The fourth-order valence-corrected chi connectivity index (χ4v) is 1.69. The van der Waals surface area contributed by atoms with Gasteiger partial charge < -0.3 is 15.2 Å². The molecule has 0 heterocycles. The van der Waals surface area contributed by atoms with Crippen molar-refractivity contribution in [2.24, 2.45) is 5.92 Å². The van der Waals surface area contributed by atoms with E-state index < -0.39 is 47.4 Å². The van der Waals surface area contributed by atoms with Gasteiger partial charge in [-0.05, 0) is 18.8 Å². The maximum absolute atomic E-state index is 13.3. The Bertz CT molecular complexity index is 493. The number of aliphatic hydroxyl groups excluding tert-OH is 1. The van der Waals surface area contributed by atoms with Gasteiger partial charge in [0.2, 0.25) is 5.82 Å². The molecular formula is C13H14F5NO2. The lowest BCUT2D eigenvalue weighted by atomic mass is 10.2. The van der Waals surface area contributed by atoms with Crippen LogP contribution in [0.15, 0.2) is 0 Å². The van der Waals surface area contributed by atoms with Crippen molar-refractivity contribution in [3.63, 3.8) is 0 Å². The SMILES string of the molecule is OC(CNc1c(F)c(F)c(F)c(F)c1F)COCC1CC1. The minimum atomic E-state index is -2.22. The molecule has 0 amide bonds. The lowest BCUT2D eigenvalue weighted by Gasteiger charge is -2.15. The molecule has 1 aromatic carbocycles. The van der Waals surface area contributed by atoms with Crippen molar-refractivity contribution in [2.45, 2.75) is 18.9 Å². The Morgan fingerprint density at radius 1 is 1.00 bits per heavy atom. The Morgan fingerprint density at radius 2 is 1.52 bits per heavy atom. The summed E-state index contributed by atoms with van der Waals surface area (Å²) >= 11 is 0. The van der Waals surface area contributed by atoms with Gasteiger partial charge >= 0.3 is 0 Å². The van der Waals surface area contributed by atoms with E-state index in [1.54, 1.807) is 0 Å². The number of halogens is 5. The summed E-state index contributed by atoms with van der Waals surface area (Å²) in [7, 11) is 0. The maximum Gasteiger partial charge on any atom is 0.200 e. The Hall–Kier alpha value is -1.41. The smallest absolute Gasteiger partial charge is 0.200 e. The van der Waals surface area contributed by atoms with Crippen LogP contribution in [-0.4, -0.2) is 31.0 Å². The first-order valence-corrected chi connectivity index (χ1v) is 6.43. The van der Waals surface area contributed by atoms with E-state index in [1.165, 1.54) is 0 Å². The highest BCUT2D eigenvalue weighted by Crippen LogP contribution is 2.29. The van der Waals surface area contributed by atoms with Gasteiger partial charge in [0.05, 0.1) is 12.7 Å². The number of ether oxygens (including phenoxy) is 1. The number of aliphatic hydroxyl groups is 1. The zero-order valence-electron chi connectivity index (χ0n) is 10.9. The molecule has 1 aromatic rings. The first-order chi connectivity index (χ1) is 9.91. The van der Waals surface area contributed by atoms with Gasteiger partial charge in [-0.25, -0.2) is 22.0 Å². The van der Waals surface area contributed by atoms with Crippen LogP contribution < -0.4 is 5.32 Å². The lowest BCUT2D eigenvalue weighted by molar-refractivity contribution is 0.0385. The molecule has 1 unspecified atom stereocenters. The average Bonchev–Trinajstić information content (AvgIpc) is 3.27. The standard InChI is InChI=1S/C13H14F5NO2/c14-8-9(15)11(17)13(12(18)10(8)16)19-3-7(20)5-21-4-6-1-2-6/h6-7,19-20H,1-5H2. The summed E-state index contributed by atoms with van der Waals surface area (Å²) in [6, 6.07) is 0. The lowest BCUT2D eigenvalue weighted by Crippen LogP contribution is -2.26. The van der Waals surface area contributed by atoms with Crippen LogP contribution in [0, 0.1) is 35.0 Å². The fraction of sp³-hybridized carbons (Fsp3) is 0.538. The van der Waals surface area contributed by atoms with Gasteiger partial charge in [-0.15, -0.1) is 0 Å². The number of nitrogens with one attached hydrogen (secondary N) is 1. The molecule has 0 aromatic heterocycles. The second-order valence-electron chi connectivity index (χ2n) is 4.96. The Balaban J connectivity index is 1.92. The van der Waals surface area contributed by atoms with Crippen molar-refractivity contribution >= 4 is 5.69 Å². The molecule has 2 N–H and O–H groups in total. The predicted molar refractivity (Wildman–Crippen MR) is 64.3 cm³/mol. The van der Waals surface area contributed by atoms with E-state index in [0.717, 1.165) is 12.8 Å². The maximum atomic E-state index is 13.3. The van der Waals surface area contributed by atoms with Crippen LogP contribution in [0.1, 0.15) is 12.8 Å². The summed E-state index contributed by atoms with van der Waals surface area (Å²) in [5.41, 5.74) is -1.16. The number of anilines is 1. The Morgan fingerprint density at radius 3 is 2.05 bits per heavy atom. The quantitative estimate of drug-likeness (QED) is 0.462. The number of hydrogen-bond donors (Lipinski definition) is 2. The molecule has 0 bridgehead atoms. The van der Waals surface area contributed by atoms with Crippen LogP contribution in [0.3, 0.4) is 0 Å². The van der Waals surface area contributed by atoms with Gasteiger partial charge in [0.1, 0.15) is 5.69 Å². The molecular weight excluding hydrogens is 297 g/mol. The summed E-state index contributed by atoms with van der Waals surface area (Å²) in [6.45, 7) is 0.00149. The van der Waals surface area contributed by atoms with Gasteiger partial charge in [0.25, 0.3) is 0 Å². The molecule has 0 saturated heterocycles. The Labute approximate surface area is 117 Å². The van der Waals surface area contributed by atoms with Crippen LogP contribution in [0.2, 0.25) is 0 Å². The molecule has 1 aliphatic rings. The van der Waals surface area contributed by atoms with Crippen molar-refractivity contribution in [3.05, 3.63) is 29.1 Å². The highest BCUT2D eigenvalue weighted by Gasteiger charge is 2.26. The number of rotatable bonds is 7. The van der Waals surface area contributed by atoms with E-state index in [2.05, 4.69) is 0 Å². The van der Waals surface area contributed by atoms with Gasteiger partial charge in [-0.3, -0.25) is 0 Å². The molecule has 8 heteroatoms. The zero-order valence-corrected chi connectivity index (χ0v) is 10.9. The van der Waals surface area contributed by atoms with E-state index in [9.17, 15) is 27.1 Å². The summed E-state index contributed by atoms with van der Waals surface area (Å²) in [5, 5.41) is 11.5. The average molecular weight is 311 g/mol. The third-order valence-electron chi connectivity index (χ3n) is 3.08. The molecule has 1 fully saturated rings. The summed E-state index contributed by atoms with van der Waals surface area (Å²) in [6.07, 6.45) is 1.01. The number of benzene rings is 1. The summed E-state index contributed by atoms with van der Waals surface area (Å²) in [4.78, 5) is 0. The van der Waals surface area contributed by atoms with Gasteiger partial charge in [0, 0.05) is 13.2 Å². The second-order valence-corrected chi connectivity index (χ2v) is 4.96. The molecule has 1 atom stereocenters. The van der Waals surface area contributed by atoms with E-state index in [4.69, 9.17) is 4.74 Å². The predicted octanol–water partition coefficient (Wildman–Crippen LogP) is 2.58. The molecule has 118 valence electrons. The van der Waals surface area contributed by atoms with Gasteiger partial charge in [-0.1, -0.05) is 0 Å². The van der Waals surface area contributed by atoms with E-state index in [-0.39, 0.29) is 6.61 Å². The van der Waals surface area contributed by atoms with E-state index in [0.29, 0.717) is 12.5 Å². The van der Waals surface area contributed by atoms with Crippen molar-refractivity contribution in [1.29, 1.82) is 0 Å². The van der Waals surface area contributed by atoms with Crippen molar-refractivity contribution < 1.29 is 31.8 Å². The second kappa shape index (κ2) is 6.57. The van der Waals surface area contributed by atoms with Crippen LogP contribution >= 0.6 is 0 Å². The molecule has 1 aliphatic carbocycles. The zero-order chi connectivity index (χ0) is 15.6. The molecule has 3 nitrogen and oxygen atoms in total. The topological polar surface area (TPSA) is 41.5 Å². The fourth-order valence-electron chi connectivity index (χ4n) is 1.69. The first-order valence-electron chi connectivity index (χ1n) is 6.43. The van der Waals surface area contributed by atoms with Crippen molar-refractivity contribution in [3.8, 4) is 0 Å². The van der Waals surface area contributed by atoms with E-state index >= 15 is 0 Å². The van der Waals surface area contributed by atoms with Crippen LogP contribution in [0.5, 0.6) is 0 Å². The minimum absolute atomic E-state index is 0.0844. The highest BCUT2D eigenvalue weighted by molar-refractivity contribution is 5.47. The van der Waals surface area contributed by atoms with Crippen molar-refractivity contribution in [1.82, 2.24) is 0 Å². The Kier molecular flexibility index (Phi) is 5.00. The molecule has 0 radical (unpaired) electrons. The molecule has 0 spiro atoms. The molecule has 0 aliphatic heterocycles. The minimum Gasteiger partial charge on any atom is -0.389 e. The van der Waals surface area contributed by atoms with Crippen LogP contribution in [0.4, 0.5) is 27.6 Å². The largest absolute Gasteiger partial charge is 0.389 e. The van der Waals surface area contributed by atoms with Gasteiger partial charge in [-0.2, -0.15) is 0 Å². The van der Waals surface area contributed by atoms with Crippen LogP contribution in [-0.2, 0) is 4.74 Å². The monoisotopic (exact) mass is 311 g/mol. The van der Waals surface area contributed by atoms with E-state index in [1.807, 2.05) is 5.32 Å². The summed E-state index contributed by atoms with van der Waals surface area (Å²) < 4.78 is 70.5. The highest BCUT2D eigenvalue weighted by atomic mass is 19.2. The summed E-state index contributed by atoms with van der Waals surface area (Å²) in [5.74, 6) is -9.72.